The Hall–Kier alpha value is -3.73. The molecule has 2 N–H and O–H groups in total. The zero-order valence-corrected chi connectivity index (χ0v) is 13.8. The molecule has 0 atom stereocenters. The fourth-order valence-electron chi connectivity index (χ4n) is 3.06. The lowest BCUT2D eigenvalue weighted by Gasteiger charge is -2.10. The van der Waals surface area contributed by atoms with Crippen LogP contribution in [0.15, 0.2) is 78.9 Å². The molecule has 5 nitrogen and oxygen atoms in total. The standard InChI is InChI=1S/C21H15N5/c1-2-8-14(9-3-1)19-22-17-12-6-4-10-15(17)20(23-19)24-21-16-11-5-7-13-18(16)25-26-21/h1-13H,(H2,22,23,24,25,26). The quantitative estimate of drug-likeness (QED) is 0.490. The van der Waals surface area contributed by atoms with Crippen molar-refractivity contribution in [2.45, 2.75) is 0 Å². The third-order valence-electron chi connectivity index (χ3n) is 4.34. The summed E-state index contributed by atoms with van der Waals surface area (Å²) < 4.78 is 0. The first kappa shape index (κ1) is 14.6. The molecule has 5 aromatic rings. The summed E-state index contributed by atoms with van der Waals surface area (Å²) in [5.74, 6) is 2.18. The van der Waals surface area contributed by atoms with Crippen molar-refractivity contribution in [1.29, 1.82) is 0 Å². The number of para-hydroxylation sites is 2. The van der Waals surface area contributed by atoms with Gasteiger partial charge in [-0.3, -0.25) is 5.10 Å². The summed E-state index contributed by atoms with van der Waals surface area (Å²) in [7, 11) is 0. The molecule has 5 heteroatoms. The number of hydrogen-bond donors (Lipinski definition) is 2. The van der Waals surface area contributed by atoms with Crippen LogP contribution in [0.4, 0.5) is 11.6 Å². The minimum absolute atomic E-state index is 0.687. The minimum Gasteiger partial charge on any atom is -0.322 e. The molecule has 0 radical (unpaired) electrons. The summed E-state index contributed by atoms with van der Waals surface area (Å²) in [6.45, 7) is 0. The molecule has 0 bridgehead atoms. The number of nitrogens with zero attached hydrogens (tertiary/aromatic N) is 3. The van der Waals surface area contributed by atoms with Gasteiger partial charge in [0.1, 0.15) is 5.82 Å². The van der Waals surface area contributed by atoms with Crippen LogP contribution in [0.25, 0.3) is 33.2 Å². The summed E-state index contributed by atoms with van der Waals surface area (Å²) in [5, 5.41) is 12.8. The van der Waals surface area contributed by atoms with Crippen molar-refractivity contribution in [2.75, 3.05) is 5.32 Å². The molecule has 0 unspecified atom stereocenters. The molecule has 0 saturated carbocycles. The van der Waals surface area contributed by atoms with Crippen LogP contribution < -0.4 is 5.32 Å². The average Bonchev–Trinajstić information content (AvgIpc) is 3.11. The van der Waals surface area contributed by atoms with Crippen LogP contribution in [0.1, 0.15) is 0 Å². The first-order valence-corrected chi connectivity index (χ1v) is 8.41. The van der Waals surface area contributed by atoms with E-state index in [0.717, 1.165) is 39.0 Å². The Labute approximate surface area is 149 Å². The van der Waals surface area contributed by atoms with E-state index >= 15 is 0 Å². The van der Waals surface area contributed by atoms with Crippen molar-refractivity contribution in [2.24, 2.45) is 0 Å². The van der Waals surface area contributed by atoms with Gasteiger partial charge in [0, 0.05) is 16.3 Å². The van der Waals surface area contributed by atoms with Gasteiger partial charge in [0.05, 0.1) is 11.0 Å². The Morgan fingerprint density at radius 3 is 2.27 bits per heavy atom. The van der Waals surface area contributed by atoms with Gasteiger partial charge in [-0.1, -0.05) is 54.6 Å². The average molecular weight is 337 g/mol. The smallest absolute Gasteiger partial charge is 0.162 e. The van der Waals surface area contributed by atoms with E-state index in [2.05, 4.69) is 15.5 Å². The van der Waals surface area contributed by atoms with Gasteiger partial charge in [-0.05, 0) is 24.3 Å². The number of benzene rings is 3. The lowest BCUT2D eigenvalue weighted by atomic mass is 10.2. The minimum atomic E-state index is 0.687. The van der Waals surface area contributed by atoms with Gasteiger partial charge in [0.25, 0.3) is 0 Å². The number of anilines is 2. The number of hydrogen-bond acceptors (Lipinski definition) is 4. The van der Waals surface area contributed by atoms with Gasteiger partial charge in [0.2, 0.25) is 0 Å². The maximum absolute atomic E-state index is 4.78. The molecular weight excluding hydrogens is 322 g/mol. The second-order valence-corrected chi connectivity index (χ2v) is 6.02. The summed E-state index contributed by atoms with van der Waals surface area (Å²) in [6.07, 6.45) is 0. The van der Waals surface area contributed by atoms with Crippen LogP contribution in [0, 0.1) is 0 Å². The van der Waals surface area contributed by atoms with Crippen molar-refractivity contribution < 1.29 is 0 Å². The van der Waals surface area contributed by atoms with Crippen molar-refractivity contribution in [3.8, 4) is 11.4 Å². The lowest BCUT2D eigenvalue weighted by molar-refractivity contribution is 1.11. The molecule has 5 rings (SSSR count). The maximum Gasteiger partial charge on any atom is 0.162 e. The van der Waals surface area contributed by atoms with Gasteiger partial charge in [-0.15, -0.1) is 0 Å². The summed E-state index contributed by atoms with van der Waals surface area (Å²) >= 11 is 0. The Morgan fingerprint density at radius 2 is 1.38 bits per heavy atom. The van der Waals surface area contributed by atoms with E-state index < -0.39 is 0 Å². The third-order valence-corrected chi connectivity index (χ3v) is 4.34. The normalized spacial score (nSPS) is 11.1. The number of H-pyrrole nitrogens is 1. The van der Waals surface area contributed by atoms with Crippen molar-refractivity contribution >= 4 is 33.4 Å². The number of rotatable bonds is 3. The fraction of sp³-hybridized carbons (Fsp3) is 0. The lowest BCUT2D eigenvalue weighted by Crippen LogP contribution is -2.00. The topological polar surface area (TPSA) is 66.5 Å². The van der Waals surface area contributed by atoms with Gasteiger partial charge in [0.15, 0.2) is 11.6 Å². The third kappa shape index (κ3) is 2.46. The van der Waals surface area contributed by atoms with Crippen molar-refractivity contribution in [3.63, 3.8) is 0 Å². The Bertz CT molecular complexity index is 1210. The molecule has 0 aliphatic rings. The van der Waals surface area contributed by atoms with Crippen LogP contribution in [-0.2, 0) is 0 Å². The van der Waals surface area contributed by atoms with Crippen LogP contribution in [0.5, 0.6) is 0 Å². The van der Waals surface area contributed by atoms with E-state index in [0.29, 0.717) is 5.82 Å². The van der Waals surface area contributed by atoms with E-state index in [-0.39, 0.29) is 0 Å². The van der Waals surface area contributed by atoms with Crippen LogP contribution in [-0.4, -0.2) is 20.2 Å². The molecule has 26 heavy (non-hydrogen) atoms. The first-order valence-electron chi connectivity index (χ1n) is 8.41. The molecule has 2 aromatic heterocycles. The van der Waals surface area contributed by atoms with Crippen LogP contribution in [0.2, 0.25) is 0 Å². The van der Waals surface area contributed by atoms with E-state index in [9.17, 15) is 0 Å². The fourth-order valence-corrected chi connectivity index (χ4v) is 3.06. The molecular formula is C21H15N5. The monoisotopic (exact) mass is 337 g/mol. The molecule has 0 spiro atoms. The Kier molecular flexibility index (Phi) is 3.35. The highest BCUT2D eigenvalue weighted by molar-refractivity contribution is 5.96. The molecule has 0 aliphatic carbocycles. The van der Waals surface area contributed by atoms with Crippen LogP contribution >= 0.6 is 0 Å². The summed E-state index contributed by atoms with van der Waals surface area (Å²) in [5.41, 5.74) is 2.86. The molecule has 0 aliphatic heterocycles. The van der Waals surface area contributed by atoms with Crippen molar-refractivity contribution in [3.05, 3.63) is 78.9 Å². The molecule has 3 aromatic carbocycles. The zero-order chi connectivity index (χ0) is 17.3. The summed E-state index contributed by atoms with van der Waals surface area (Å²) in [6, 6.07) is 26.0. The van der Waals surface area contributed by atoms with Gasteiger partial charge >= 0.3 is 0 Å². The number of aromatic nitrogens is 4. The van der Waals surface area contributed by atoms with E-state index in [1.54, 1.807) is 0 Å². The second-order valence-electron chi connectivity index (χ2n) is 6.02. The SMILES string of the molecule is c1ccc(-c2nc(Nc3n[nH]c4ccccc34)c3ccccc3n2)cc1. The summed E-state index contributed by atoms with van der Waals surface area (Å²) in [4.78, 5) is 9.50. The zero-order valence-electron chi connectivity index (χ0n) is 13.8. The highest BCUT2D eigenvalue weighted by atomic mass is 15.2. The van der Waals surface area contributed by atoms with Gasteiger partial charge < -0.3 is 5.32 Å². The Balaban J connectivity index is 1.68. The predicted molar refractivity (Wildman–Crippen MR) is 104 cm³/mol. The highest BCUT2D eigenvalue weighted by Gasteiger charge is 2.12. The molecule has 0 amide bonds. The largest absolute Gasteiger partial charge is 0.322 e. The van der Waals surface area contributed by atoms with Gasteiger partial charge in [-0.25, -0.2) is 9.97 Å². The number of fused-ring (bicyclic) bond motifs is 2. The van der Waals surface area contributed by atoms with E-state index in [4.69, 9.17) is 9.97 Å². The van der Waals surface area contributed by atoms with E-state index in [1.165, 1.54) is 0 Å². The first-order chi connectivity index (χ1) is 12.9. The molecule has 2 heterocycles. The Morgan fingerprint density at radius 1 is 0.654 bits per heavy atom. The highest BCUT2D eigenvalue weighted by Crippen LogP contribution is 2.29. The van der Waals surface area contributed by atoms with Gasteiger partial charge in [-0.2, -0.15) is 5.10 Å². The number of nitrogens with one attached hydrogen (secondary N) is 2. The maximum atomic E-state index is 4.78. The van der Waals surface area contributed by atoms with Crippen LogP contribution in [0.3, 0.4) is 0 Å². The number of aromatic amines is 1. The molecule has 0 fully saturated rings. The van der Waals surface area contributed by atoms with E-state index in [1.807, 2.05) is 78.9 Å². The predicted octanol–water partition coefficient (Wildman–Crippen LogP) is 4.92. The second kappa shape index (κ2) is 5.97. The molecule has 0 saturated heterocycles. The van der Waals surface area contributed by atoms with Crippen molar-refractivity contribution in [1.82, 2.24) is 20.2 Å². The molecule has 124 valence electrons.